The average molecular weight is 492 g/mol. The second kappa shape index (κ2) is 9.16. The summed E-state index contributed by atoms with van der Waals surface area (Å²) in [5.41, 5.74) is 3.29. The van der Waals surface area contributed by atoms with Gasteiger partial charge in [0.1, 0.15) is 17.2 Å². The van der Waals surface area contributed by atoms with Gasteiger partial charge in [0.15, 0.2) is 5.65 Å². The number of carbonyl (C=O) groups excluding carboxylic acids is 1. The quantitative estimate of drug-likeness (QED) is 0.374. The van der Waals surface area contributed by atoms with Crippen molar-refractivity contribution < 1.29 is 19.4 Å². The van der Waals surface area contributed by atoms with Crippen LogP contribution >= 0.6 is 0 Å². The summed E-state index contributed by atoms with van der Waals surface area (Å²) in [5, 5.41) is 21.1. The van der Waals surface area contributed by atoms with E-state index in [2.05, 4.69) is 15.7 Å². The highest BCUT2D eigenvalue weighted by Gasteiger charge is 2.33. The Hall–Kier alpha value is -3.54. The van der Waals surface area contributed by atoms with Gasteiger partial charge in [-0.1, -0.05) is 0 Å². The van der Waals surface area contributed by atoms with Crippen molar-refractivity contribution in [3.63, 3.8) is 0 Å². The minimum Gasteiger partial charge on any atom is -0.389 e. The Morgan fingerprint density at radius 3 is 2.89 bits per heavy atom. The first-order chi connectivity index (χ1) is 17.6. The van der Waals surface area contributed by atoms with Crippen LogP contribution < -0.4 is 10.6 Å². The van der Waals surface area contributed by atoms with Crippen molar-refractivity contribution in [2.24, 2.45) is 0 Å². The highest BCUT2D eigenvalue weighted by atomic mass is 16.5. The van der Waals surface area contributed by atoms with Crippen molar-refractivity contribution in [1.82, 2.24) is 29.5 Å². The van der Waals surface area contributed by atoms with Crippen LogP contribution in [-0.4, -0.2) is 80.8 Å². The zero-order chi connectivity index (χ0) is 24.8. The van der Waals surface area contributed by atoms with Crippen molar-refractivity contribution in [2.45, 2.75) is 43.6 Å². The van der Waals surface area contributed by atoms with E-state index in [0.29, 0.717) is 42.4 Å². The number of nitrogens with one attached hydrogen (secondary N) is 2. The third-order valence-corrected chi connectivity index (χ3v) is 7.33. The van der Waals surface area contributed by atoms with E-state index in [0.717, 1.165) is 29.8 Å². The van der Waals surface area contributed by atoms with Crippen molar-refractivity contribution in [1.29, 1.82) is 0 Å². The third-order valence-electron chi connectivity index (χ3n) is 7.33. The number of ether oxygens (including phenoxy) is 2. The predicted octanol–water partition coefficient (Wildman–Crippen LogP) is 1.97. The highest BCUT2D eigenvalue weighted by Crippen LogP contribution is 2.37. The van der Waals surface area contributed by atoms with E-state index in [-0.39, 0.29) is 24.1 Å². The number of methoxy groups -OCH3 is 1. The van der Waals surface area contributed by atoms with E-state index in [1.807, 2.05) is 29.0 Å². The van der Waals surface area contributed by atoms with Crippen LogP contribution in [0.3, 0.4) is 0 Å². The number of aliphatic hydroxyl groups excluding tert-OH is 1. The summed E-state index contributed by atoms with van der Waals surface area (Å²) >= 11 is 0. The SMILES string of the molecule is CNc1cc(-c2cnc3n([C@@H]4CCOC[C@H]4O)cccc2-3)nc2c(C(=O)NC3CC[C@@H]3OC)cnn12. The molecule has 1 amide bonds. The van der Waals surface area contributed by atoms with Crippen molar-refractivity contribution in [3.05, 3.63) is 42.4 Å². The molecule has 6 rings (SSSR count). The number of carbonyl (C=O) groups is 1. The van der Waals surface area contributed by atoms with Crippen LogP contribution in [0.25, 0.3) is 28.3 Å². The fourth-order valence-electron chi connectivity index (χ4n) is 5.17. The topological polar surface area (TPSA) is 128 Å². The molecule has 11 heteroatoms. The maximum absolute atomic E-state index is 13.1. The summed E-state index contributed by atoms with van der Waals surface area (Å²) < 4.78 is 14.5. The van der Waals surface area contributed by atoms with Crippen LogP contribution in [0.2, 0.25) is 0 Å². The summed E-state index contributed by atoms with van der Waals surface area (Å²) in [7, 11) is 3.47. The summed E-state index contributed by atoms with van der Waals surface area (Å²) in [4.78, 5) is 22.7. The first-order valence-corrected chi connectivity index (χ1v) is 12.2. The van der Waals surface area contributed by atoms with Gasteiger partial charge in [-0.2, -0.15) is 9.61 Å². The molecule has 36 heavy (non-hydrogen) atoms. The molecule has 1 saturated heterocycles. The van der Waals surface area contributed by atoms with Gasteiger partial charge in [0.25, 0.3) is 5.91 Å². The normalized spacial score (nSPS) is 24.1. The molecule has 4 aliphatic rings. The summed E-state index contributed by atoms with van der Waals surface area (Å²) in [6.07, 6.45) is 7.25. The van der Waals surface area contributed by atoms with Gasteiger partial charge in [0, 0.05) is 50.4 Å². The first kappa shape index (κ1) is 22.9. The molecule has 5 heterocycles. The highest BCUT2D eigenvalue weighted by molar-refractivity contribution is 6.00. The molecule has 1 saturated carbocycles. The van der Waals surface area contributed by atoms with Gasteiger partial charge in [0.2, 0.25) is 0 Å². The molecule has 2 aromatic rings. The minimum atomic E-state index is -0.596. The molecule has 1 aliphatic carbocycles. The van der Waals surface area contributed by atoms with Crippen LogP contribution in [0.5, 0.6) is 0 Å². The van der Waals surface area contributed by atoms with Crippen LogP contribution in [0.1, 0.15) is 35.7 Å². The number of nitrogens with zero attached hydrogens (tertiary/aromatic N) is 5. The number of fused-ring (bicyclic) bond motifs is 2. The molecule has 3 aliphatic heterocycles. The van der Waals surface area contributed by atoms with E-state index in [1.54, 1.807) is 31.1 Å². The van der Waals surface area contributed by atoms with E-state index in [4.69, 9.17) is 19.4 Å². The molecule has 1 unspecified atom stereocenters. The summed E-state index contributed by atoms with van der Waals surface area (Å²) in [6, 6.07) is 5.72. The molecular formula is C25H29N7O4. The number of hydrogen-bond donors (Lipinski definition) is 3. The zero-order valence-electron chi connectivity index (χ0n) is 20.2. The second-order valence-corrected chi connectivity index (χ2v) is 9.32. The maximum atomic E-state index is 13.1. The second-order valence-electron chi connectivity index (χ2n) is 9.32. The number of aliphatic hydroxyl groups is 1. The molecule has 0 bridgehead atoms. The molecule has 0 aromatic carbocycles. The number of hydrogen-bond acceptors (Lipinski definition) is 8. The van der Waals surface area contributed by atoms with Gasteiger partial charge in [-0.15, -0.1) is 0 Å². The van der Waals surface area contributed by atoms with Gasteiger partial charge in [-0.25, -0.2) is 9.97 Å². The Bertz CT molecular complexity index is 1380. The monoisotopic (exact) mass is 491 g/mol. The molecule has 0 radical (unpaired) electrons. The zero-order valence-corrected chi connectivity index (χ0v) is 20.2. The van der Waals surface area contributed by atoms with Crippen molar-refractivity contribution >= 4 is 17.4 Å². The molecule has 2 aromatic heterocycles. The molecule has 0 spiro atoms. The van der Waals surface area contributed by atoms with Gasteiger partial charge in [-0.3, -0.25) is 4.79 Å². The lowest BCUT2D eigenvalue weighted by atomic mass is 9.89. The Morgan fingerprint density at radius 2 is 2.14 bits per heavy atom. The first-order valence-electron chi connectivity index (χ1n) is 12.2. The van der Waals surface area contributed by atoms with Gasteiger partial charge >= 0.3 is 0 Å². The number of rotatable bonds is 6. The van der Waals surface area contributed by atoms with E-state index >= 15 is 0 Å². The number of aromatic nitrogens is 5. The van der Waals surface area contributed by atoms with Gasteiger partial charge in [-0.05, 0) is 31.4 Å². The van der Waals surface area contributed by atoms with Gasteiger partial charge < -0.3 is 29.8 Å². The smallest absolute Gasteiger partial charge is 0.257 e. The lowest BCUT2D eigenvalue weighted by Crippen LogP contribution is -2.51. The molecule has 188 valence electrons. The van der Waals surface area contributed by atoms with E-state index in [1.165, 1.54) is 0 Å². The van der Waals surface area contributed by atoms with Crippen LogP contribution in [0, 0.1) is 0 Å². The predicted molar refractivity (Wildman–Crippen MR) is 132 cm³/mol. The molecule has 2 fully saturated rings. The van der Waals surface area contributed by atoms with Crippen molar-refractivity contribution in [2.75, 3.05) is 32.7 Å². The Balaban J connectivity index is 1.38. The average Bonchev–Trinajstić information content (AvgIpc) is 3.51. The lowest BCUT2D eigenvalue weighted by molar-refractivity contribution is -0.0383. The fraction of sp³-hybridized carbons (Fsp3) is 0.440. The van der Waals surface area contributed by atoms with Gasteiger partial charge in [0.05, 0.1) is 42.8 Å². The third kappa shape index (κ3) is 3.71. The van der Waals surface area contributed by atoms with E-state index < -0.39 is 6.10 Å². The fourth-order valence-corrected chi connectivity index (χ4v) is 5.17. The number of anilines is 1. The molecular weight excluding hydrogens is 462 g/mol. The van der Waals surface area contributed by atoms with Crippen LogP contribution in [-0.2, 0) is 9.47 Å². The Morgan fingerprint density at radius 1 is 1.25 bits per heavy atom. The molecule has 11 nitrogen and oxygen atoms in total. The standard InChI is InChI=1S/C25H29N7O4/c1-26-22-10-18(29-24-16(12-28-32(22)24)25(34)30-17-5-6-21(17)35-2)15-11-27-23-14(15)4-3-8-31(23)19-7-9-36-13-20(19)33/h3-4,8,10-12,17,19-21,26,33H,5-7,9,13H2,1-2H3,(H,30,34)/t17?,19-,20-,21+/m1/s1. The largest absolute Gasteiger partial charge is 0.389 e. The minimum absolute atomic E-state index is 0.0106. The van der Waals surface area contributed by atoms with Crippen LogP contribution in [0.15, 0.2) is 36.8 Å². The number of amides is 1. The Labute approximate surface area is 207 Å². The Kier molecular flexibility index (Phi) is 5.82. The maximum Gasteiger partial charge on any atom is 0.257 e. The summed E-state index contributed by atoms with van der Waals surface area (Å²) in [6.45, 7) is 0.907. The number of pyridine rings is 1. The van der Waals surface area contributed by atoms with Crippen LogP contribution in [0.4, 0.5) is 5.82 Å². The molecule has 4 atom stereocenters. The molecule has 3 N–H and O–H groups in total. The van der Waals surface area contributed by atoms with E-state index in [9.17, 15) is 9.90 Å². The lowest BCUT2D eigenvalue weighted by Gasteiger charge is -2.35. The van der Waals surface area contributed by atoms with Crippen molar-refractivity contribution in [3.8, 4) is 22.6 Å². The summed E-state index contributed by atoms with van der Waals surface area (Å²) in [5.74, 6) is 1.25.